The number of nitrogens with one attached hydrogen (secondary N) is 1. The Morgan fingerprint density at radius 1 is 1.35 bits per heavy atom. The molecule has 0 aliphatic rings. The summed E-state index contributed by atoms with van der Waals surface area (Å²) in [7, 11) is 0. The standard InChI is InChI=1S/C14H22ClNO/c1-5-16-9-14(10(2)3)17-12-6-7-13(15)11(4)8-12/h6-8,10,14,16H,5,9H2,1-4H3. The van der Waals surface area contributed by atoms with Crippen molar-refractivity contribution in [1.82, 2.24) is 5.32 Å². The number of likely N-dealkylation sites (N-methyl/N-ethyl adjacent to an activating group) is 1. The van der Waals surface area contributed by atoms with E-state index >= 15 is 0 Å². The van der Waals surface area contributed by atoms with E-state index < -0.39 is 0 Å². The van der Waals surface area contributed by atoms with Crippen molar-refractivity contribution in [2.75, 3.05) is 13.1 Å². The van der Waals surface area contributed by atoms with Gasteiger partial charge in [0, 0.05) is 11.6 Å². The summed E-state index contributed by atoms with van der Waals surface area (Å²) in [6.45, 7) is 10.3. The lowest BCUT2D eigenvalue weighted by atomic mass is 10.1. The van der Waals surface area contributed by atoms with Crippen molar-refractivity contribution in [3.05, 3.63) is 28.8 Å². The van der Waals surface area contributed by atoms with Crippen molar-refractivity contribution >= 4 is 11.6 Å². The summed E-state index contributed by atoms with van der Waals surface area (Å²) in [5.74, 6) is 1.37. The van der Waals surface area contributed by atoms with Crippen molar-refractivity contribution in [1.29, 1.82) is 0 Å². The Morgan fingerprint density at radius 3 is 2.59 bits per heavy atom. The first-order valence-corrected chi connectivity index (χ1v) is 6.56. The summed E-state index contributed by atoms with van der Waals surface area (Å²) in [6, 6.07) is 5.80. The molecule has 0 amide bonds. The zero-order valence-corrected chi connectivity index (χ0v) is 11.8. The fraction of sp³-hybridized carbons (Fsp3) is 0.571. The number of ether oxygens (including phenoxy) is 1. The minimum atomic E-state index is 0.190. The van der Waals surface area contributed by atoms with Crippen LogP contribution in [-0.2, 0) is 0 Å². The number of aryl methyl sites for hydroxylation is 1. The SMILES string of the molecule is CCNCC(Oc1ccc(Cl)c(C)c1)C(C)C. The fourth-order valence-corrected chi connectivity index (χ4v) is 1.68. The number of halogens is 1. The van der Waals surface area contributed by atoms with E-state index in [1.54, 1.807) is 0 Å². The molecule has 1 aromatic carbocycles. The maximum Gasteiger partial charge on any atom is 0.120 e. The second-order valence-electron chi connectivity index (χ2n) is 4.62. The van der Waals surface area contributed by atoms with Crippen molar-refractivity contribution in [2.45, 2.75) is 33.8 Å². The van der Waals surface area contributed by atoms with Crippen LogP contribution in [0.2, 0.25) is 5.02 Å². The highest BCUT2D eigenvalue weighted by molar-refractivity contribution is 6.31. The van der Waals surface area contributed by atoms with Crippen molar-refractivity contribution in [3.8, 4) is 5.75 Å². The second-order valence-corrected chi connectivity index (χ2v) is 5.03. The van der Waals surface area contributed by atoms with Gasteiger partial charge in [-0.15, -0.1) is 0 Å². The van der Waals surface area contributed by atoms with E-state index in [9.17, 15) is 0 Å². The van der Waals surface area contributed by atoms with E-state index in [2.05, 4.69) is 26.1 Å². The summed E-state index contributed by atoms with van der Waals surface area (Å²) in [4.78, 5) is 0. The van der Waals surface area contributed by atoms with E-state index in [-0.39, 0.29) is 6.10 Å². The maximum absolute atomic E-state index is 6.00. The number of rotatable bonds is 6. The van der Waals surface area contributed by atoms with Crippen LogP contribution in [0.5, 0.6) is 5.75 Å². The lowest BCUT2D eigenvalue weighted by Gasteiger charge is -2.23. The molecule has 1 atom stereocenters. The Labute approximate surface area is 109 Å². The van der Waals surface area contributed by atoms with Gasteiger partial charge in [0.05, 0.1) is 0 Å². The molecule has 1 N–H and O–H groups in total. The van der Waals surface area contributed by atoms with Gasteiger partial charge in [0.25, 0.3) is 0 Å². The zero-order valence-electron chi connectivity index (χ0n) is 11.1. The summed E-state index contributed by atoms with van der Waals surface area (Å²) in [5.41, 5.74) is 1.05. The Kier molecular flexibility index (Phi) is 5.79. The largest absolute Gasteiger partial charge is 0.489 e. The molecule has 0 radical (unpaired) electrons. The molecule has 0 heterocycles. The van der Waals surface area contributed by atoms with Crippen molar-refractivity contribution in [3.63, 3.8) is 0 Å². The molecular formula is C14H22ClNO. The van der Waals surface area contributed by atoms with Crippen molar-refractivity contribution in [2.24, 2.45) is 5.92 Å². The Morgan fingerprint density at radius 2 is 2.06 bits per heavy atom. The third-order valence-electron chi connectivity index (χ3n) is 2.76. The highest BCUT2D eigenvalue weighted by atomic mass is 35.5. The average molecular weight is 256 g/mol. The minimum absolute atomic E-state index is 0.190. The zero-order chi connectivity index (χ0) is 12.8. The van der Waals surface area contributed by atoms with Crippen LogP contribution in [0.3, 0.4) is 0 Å². The van der Waals surface area contributed by atoms with Crippen LogP contribution in [0.4, 0.5) is 0 Å². The molecule has 17 heavy (non-hydrogen) atoms. The minimum Gasteiger partial charge on any atom is -0.489 e. The van der Waals surface area contributed by atoms with Crippen LogP contribution in [0, 0.1) is 12.8 Å². The molecule has 0 saturated carbocycles. The lowest BCUT2D eigenvalue weighted by molar-refractivity contribution is 0.149. The van der Waals surface area contributed by atoms with Gasteiger partial charge in [-0.2, -0.15) is 0 Å². The molecule has 0 fully saturated rings. The number of hydrogen-bond acceptors (Lipinski definition) is 2. The van der Waals surface area contributed by atoms with E-state index in [1.165, 1.54) is 0 Å². The van der Waals surface area contributed by atoms with Crippen LogP contribution in [0.1, 0.15) is 26.3 Å². The number of benzene rings is 1. The van der Waals surface area contributed by atoms with Gasteiger partial charge in [-0.3, -0.25) is 0 Å². The van der Waals surface area contributed by atoms with Gasteiger partial charge in [-0.1, -0.05) is 32.4 Å². The van der Waals surface area contributed by atoms with Crippen LogP contribution < -0.4 is 10.1 Å². The maximum atomic E-state index is 6.00. The van der Waals surface area contributed by atoms with Crippen LogP contribution in [-0.4, -0.2) is 19.2 Å². The third kappa shape index (κ3) is 4.57. The van der Waals surface area contributed by atoms with E-state index in [1.807, 2.05) is 25.1 Å². The van der Waals surface area contributed by atoms with Gasteiger partial charge < -0.3 is 10.1 Å². The lowest BCUT2D eigenvalue weighted by Crippen LogP contribution is -2.35. The van der Waals surface area contributed by atoms with E-state index in [0.717, 1.165) is 29.4 Å². The van der Waals surface area contributed by atoms with Gasteiger partial charge >= 0.3 is 0 Å². The van der Waals surface area contributed by atoms with Crippen LogP contribution >= 0.6 is 11.6 Å². The highest BCUT2D eigenvalue weighted by Gasteiger charge is 2.14. The molecular weight excluding hydrogens is 234 g/mol. The van der Waals surface area contributed by atoms with Gasteiger partial charge in [0.1, 0.15) is 11.9 Å². The smallest absolute Gasteiger partial charge is 0.120 e. The predicted octanol–water partition coefficient (Wildman–Crippen LogP) is 3.66. The Hall–Kier alpha value is -0.730. The molecule has 0 saturated heterocycles. The predicted molar refractivity (Wildman–Crippen MR) is 74.0 cm³/mol. The average Bonchev–Trinajstić information content (AvgIpc) is 2.28. The summed E-state index contributed by atoms with van der Waals surface area (Å²) in [5, 5.41) is 4.11. The first-order chi connectivity index (χ1) is 8.04. The van der Waals surface area contributed by atoms with Gasteiger partial charge in [-0.25, -0.2) is 0 Å². The Bertz CT molecular complexity index is 352. The normalized spacial score (nSPS) is 12.8. The van der Waals surface area contributed by atoms with Gasteiger partial charge in [0.2, 0.25) is 0 Å². The summed E-state index contributed by atoms with van der Waals surface area (Å²) < 4.78 is 5.99. The number of hydrogen-bond donors (Lipinski definition) is 1. The van der Waals surface area contributed by atoms with Crippen molar-refractivity contribution < 1.29 is 4.74 Å². The Balaban J connectivity index is 2.68. The third-order valence-corrected chi connectivity index (χ3v) is 3.18. The first kappa shape index (κ1) is 14.3. The molecule has 1 rings (SSSR count). The topological polar surface area (TPSA) is 21.3 Å². The van der Waals surface area contributed by atoms with E-state index in [4.69, 9.17) is 16.3 Å². The molecule has 1 aromatic rings. The van der Waals surface area contributed by atoms with Gasteiger partial charge in [0.15, 0.2) is 0 Å². The second kappa shape index (κ2) is 6.87. The van der Waals surface area contributed by atoms with E-state index in [0.29, 0.717) is 5.92 Å². The molecule has 0 aliphatic heterocycles. The van der Waals surface area contributed by atoms with Crippen LogP contribution in [0.25, 0.3) is 0 Å². The molecule has 1 unspecified atom stereocenters. The highest BCUT2D eigenvalue weighted by Crippen LogP contribution is 2.23. The summed E-state index contributed by atoms with van der Waals surface area (Å²) >= 11 is 6.00. The molecule has 2 nitrogen and oxygen atoms in total. The molecule has 0 spiro atoms. The molecule has 0 aliphatic carbocycles. The molecule has 0 aromatic heterocycles. The monoisotopic (exact) mass is 255 g/mol. The molecule has 96 valence electrons. The molecule has 3 heteroatoms. The molecule has 0 bridgehead atoms. The summed E-state index contributed by atoms with van der Waals surface area (Å²) in [6.07, 6.45) is 0.190. The van der Waals surface area contributed by atoms with Crippen LogP contribution in [0.15, 0.2) is 18.2 Å². The first-order valence-electron chi connectivity index (χ1n) is 6.18. The fourth-order valence-electron chi connectivity index (χ4n) is 1.57. The quantitative estimate of drug-likeness (QED) is 0.838. The van der Waals surface area contributed by atoms with Gasteiger partial charge in [-0.05, 0) is 43.1 Å².